The second kappa shape index (κ2) is 12.4. The van der Waals surface area contributed by atoms with E-state index in [1.54, 1.807) is 12.1 Å². The van der Waals surface area contributed by atoms with Crippen LogP contribution in [-0.2, 0) is 21.2 Å². The first-order valence-electron chi connectivity index (χ1n) is 12.1. The SMILES string of the molecule is COc1ccc(S(=O)(=O)N(CCc2ccccc2)CC(=O)N/N=C\c2c(O)ccc3ccccc23)cc1OC. The molecule has 0 bridgehead atoms. The van der Waals surface area contributed by atoms with Crippen molar-refractivity contribution in [3.63, 3.8) is 0 Å². The summed E-state index contributed by atoms with van der Waals surface area (Å²) in [5.41, 5.74) is 3.75. The molecule has 10 heteroatoms. The monoisotopic (exact) mass is 547 g/mol. The summed E-state index contributed by atoms with van der Waals surface area (Å²) in [6, 6.07) is 24.4. The van der Waals surface area contributed by atoms with E-state index in [0.717, 1.165) is 20.6 Å². The first-order valence-corrected chi connectivity index (χ1v) is 13.6. The van der Waals surface area contributed by atoms with Crippen LogP contribution in [0.25, 0.3) is 10.8 Å². The third-order valence-corrected chi connectivity index (χ3v) is 7.98. The van der Waals surface area contributed by atoms with Crippen LogP contribution in [0.1, 0.15) is 11.1 Å². The number of sulfonamides is 1. The van der Waals surface area contributed by atoms with Crippen LogP contribution in [0.2, 0.25) is 0 Å². The molecular formula is C29H29N3O6S. The molecule has 9 nitrogen and oxygen atoms in total. The second-order valence-corrected chi connectivity index (χ2v) is 10.5. The molecule has 4 rings (SSSR count). The van der Waals surface area contributed by atoms with E-state index in [4.69, 9.17) is 9.47 Å². The lowest BCUT2D eigenvalue weighted by atomic mass is 10.0. The van der Waals surface area contributed by atoms with Crippen molar-refractivity contribution in [2.24, 2.45) is 5.10 Å². The van der Waals surface area contributed by atoms with E-state index in [1.807, 2.05) is 54.6 Å². The first kappa shape index (κ1) is 27.6. The Hall–Kier alpha value is -4.41. The molecule has 1 amide bonds. The minimum absolute atomic E-state index is 0.00668. The number of nitrogens with one attached hydrogen (secondary N) is 1. The van der Waals surface area contributed by atoms with Crippen molar-refractivity contribution in [1.82, 2.24) is 9.73 Å². The zero-order valence-corrected chi connectivity index (χ0v) is 22.4. The lowest BCUT2D eigenvalue weighted by Gasteiger charge is -2.22. The Morgan fingerprint density at radius 3 is 2.41 bits per heavy atom. The van der Waals surface area contributed by atoms with Crippen LogP contribution in [-0.4, -0.2) is 57.3 Å². The molecule has 0 aliphatic heterocycles. The highest BCUT2D eigenvalue weighted by Gasteiger charge is 2.27. The van der Waals surface area contributed by atoms with Gasteiger partial charge in [0.25, 0.3) is 5.91 Å². The molecule has 2 N–H and O–H groups in total. The summed E-state index contributed by atoms with van der Waals surface area (Å²) >= 11 is 0. The highest BCUT2D eigenvalue weighted by molar-refractivity contribution is 7.89. The van der Waals surface area contributed by atoms with Gasteiger partial charge in [0.15, 0.2) is 11.5 Å². The van der Waals surface area contributed by atoms with E-state index < -0.39 is 22.5 Å². The van der Waals surface area contributed by atoms with Gasteiger partial charge in [0.2, 0.25) is 10.0 Å². The molecule has 0 aliphatic carbocycles. The Kier molecular flexibility index (Phi) is 8.80. The first-order chi connectivity index (χ1) is 18.8. The molecule has 4 aromatic rings. The van der Waals surface area contributed by atoms with Gasteiger partial charge in [-0.3, -0.25) is 4.79 Å². The lowest BCUT2D eigenvalue weighted by molar-refractivity contribution is -0.121. The summed E-state index contributed by atoms with van der Waals surface area (Å²) in [4.78, 5) is 12.8. The Morgan fingerprint density at radius 2 is 1.67 bits per heavy atom. The minimum Gasteiger partial charge on any atom is -0.507 e. The predicted molar refractivity (Wildman–Crippen MR) is 150 cm³/mol. The average Bonchev–Trinajstić information content (AvgIpc) is 2.96. The predicted octanol–water partition coefficient (Wildman–Crippen LogP) is 3.95. The highest BCUT2D eigenvalue weighted by Crippen LogP contribution is 2.31. The van der Waals surface area contributed by atoms with Crippen molar-refractivity contribution >= 4 is 32.9 Å². The van der Waals surface area contributed by atoms with Gasteiger partial charge in [0.1, 0.15) is 5.75 Å². The number of carbonyl (C=O) groups excluding carboxylic acids is 1. The van der Waals surface area contributed by atoms with E-state index in [0.29, 0.717) is 17.7 Å². The van der Waals surface area contributed by atoms with Crippen molar-refractivity contribution in [3.8, 4) is 17.2 Å². The average molecular weight is 548 g/mol. The number of carbonyl (C=O) groups is 1. The molecule has 0 unspecified atom stereocenters. The molecule has 0 aromatic heterocycles. The van der Waals surface area contributed by atoms with Crippen molar-refractivity contribution in [3.05, 3.63) is 96.1 Å². The molecule has 0 fully saturated rings. The number of hydrazone groups is 1. The number of hydrogen-bond donors (Lipinski definition) is 2. The summed E-state index contributed by atoms with van der Waals surface area (Å²) in [6.45, 7) is -0.412. The van der Waals surface area contributed by atoms with Gasteiger partial charge in [-0.05, 0) is 41.0 Å². The fraction of sp³-hybridized carbons (Fsp3) is 0.172. The molecule has 0 radical (unpaired) electrons. The second-order valence-electron chi connectivity index (χ2n) is 8.60. The van der Waals surface area contributed by atoms with E-state index in [-0.39, 0.29) is 22.9 Å². The molecular weight excluding hydrogens is 518 g/mol. The Balaban J connectivity index is 1.56. The van der Waals surface area contributed by atoms with Crippen LogP contribution in [0.15, 0.2) is 94.9 Å². The number of amides is 1. The van der Waals surface area contributed by atoms with Gasteiger partial charge in [-0.15, -0.1) is 0 Å². The van der Waals surface area contributed by atoms with Crippen molar-refractivity contribution in [2.75, 3.05) is 27.3 Å². The van der Waals surface area contributed by atoms with Crippen LogP contribution in [0, 0.1) is 0 Å². The molecule has 0 spiro atoms. The standard InChI is InChI=1S/C29H29N3O6S/c1-37-27-15-13-23(18-28(27)38-2)39(35,36)32(17-16-21-8-4-3-5-9-21)20-29(34)31-30-19-25-24-11-7-6-10-22(24)12-14-26(25)33/h3-15,18-19,33H,16-17,20H2,1-2H3,(H,31,34)/b30-19-. The van der Waals surface area contributed by atoms with Gasteiger partial charge in [-0.1, -0.05) is 60.7 Å². The van der Waals surface area contributed by atoms with Crippen molar-refractivity contribution < 1.29 is 27.8 Å². The normalized spacial score (nSPS) is 11.7. The number of hydrogen-bond acceptors (Lipinski definition) is 7. The number of phenols is 1. The molecule has 202 valence electrons. The van der Waals surface area contributed by atoms with Crippen LogP contribution in [0.5, 0.6) is 17.2 Å². The van der Waals surface area contributed by atoms with Gasteiger partial charge >= 0.3 is 0 Å². The number of benzene rings is 4. The van der Waals surface area contributed by atoms with Crippen LogP contribution < -0.4 is 14.9 Å². The fourth-order valence-electron chi connectivity index (χ4n) is 4.09. The molecule has 39 heavy (non-hydrogen) atoms. The van der Waals surface area contributed by atoms with Gasteiger partial charge in [-0.25, -0.2) is 13.8 Å². The van der Waals surface area contributed by atoms with E-state index in [9.17, 15) is 18.3 Å². The molecule has 0 aliphatic rings. The quantitative estimate of drug-likeness (QED) is 0.217. The van der Waals surface area contributed by atoms with Crippen LogP contribution >= 0.6 is 0 Å². The highest BCUT2D eigenvalue weighted by atomic mass is 32.2. The zero-order valence-electron chi connectivity index (χ0n) is 21.6. The number of phenolic OH excluding ortho intramolecular Hbond substituents is 1. The maximum Gasteiger partial charge on any atom is 0.255 e. The number of ether oxygens (including phenoxy) is 2. The maximum absolute atomic E-state index is 13.6. The number of fused-ring (bicyclic) bond motifs is 1. The van der Waals surface area contributed by atoms with Crippen LogP contribution in [0.4, 0.5) is 0 Å². The largest absolute Gasteiger partial charge is 0.507 e. The van der Waals surface area contributed by atoms with E-state index in [1.165, 1.54) is 38.6 Å². The third-order valence-electron chi connectivity index (χ3n) is 6.14. The molecule has 0 atom stereocenters. The van der Waals surface area contributed by atoms with Gasteiger partial charge in [0, 0.05) is 18.2 Å². The summed E-state index contributed by atoms with van der Waals surface area (Å²) in [5.74, 6) is 0.0110. The van der Waals surface area contributed by atoms with Gasteiger partial charge in [0.05, 0.1) is 31.9 Å². The van der Waals surface area contributed by atoms with Gasteiger partial charge < -0.3 is 14.6 Å². The summed E-state index contributed by atoms with van der Waals surface area (Å²) in [5, 5.41) is 15.9. The number of nitrogens with zero attached hydrogens (tertiary/aromatic N) is 2. The topological polar surface area (TPSA) is 118 Å². The Bertz CT molecular complexity index is 1590. The zero-order chi connectivity index (χ0) is 27.8. The number of rotatable bonds is 11. The van der Waals surface area contributed by atoms with Gasteiger partial charge in [-0.2, -0.15) is 9.41 Å². The van der Waals surface area contributed by atoms with Crippen molar-refractivity contribution in [1.29, 1.82) is 0 Å². The lowest BCUT2D eigenvalue weighted by Crippen LogP contribution is -2.40. The summed E-state index contributed by atoms with van der Waals surface area (Å²) in [7, 11) is -1.21. The Labute approximate surface area is 227 Å². The van der Waals surface area contributed by atoms with Crippen LogP contribution in [0.3, 0.4) is 0 Å². The third kappa shape index (κ3) is 6.54. The number of aromatic hydroxyl groups is 1. The summed E-state index contributed by atoms with van der Waals surface area (Å²) in [6.07, 6.45) is 1.74. The molecule has 4 aromatic carbocycles. The maximum atomic E-state index is 13.6. The van der Waals surface area contributed by atoms with E-state index in [2.05, 4.69) is 10.5 Å². The minimum atomic E-state index is -4.09. The fourth-order valence-corrected chi connectivity index (χ4v) is 5.51. The Morgan fingerprint density at radius 1 is 0.949 bits per heavy atom. The smallest absolute Gasteiger partial charge is 0.255 e. The summed E-state index contributed by atoms with van der Waals surface area (Å²) < 4.78 is 38.8. The number of methoxy groups -OCH3 is 2. The molecule has 0 heterocycles. The molecule has 0 saturated heterocycles. The van der Waals surface area contributed by atoms with Crippen molar-refractivity contribution in [2.45, 2.75) is 11.3 Å². The molecule has 0 saturated carbocycles. The van der Waals surface area contributed by atoms with E-state index >= 15 is 0 Å².